The zero-order valence-corrected chi connectivity index (χ0v) is 14.8. The van der Waals surface area contributed by atoms with Crippen molar-refractivity contribution in [3.63, 3.8) is 0 Å². The molecule has 1 fully saturated rings. The Kier molecular flexibility index (Phi) is 6.00. The number of carbonyl (C=O) groups excluding carboxylic acids is 1. The van der Waals surface area contributed by atoms with Crippen LogP contribution in [0.3, 0.4) is 0 Å². The van der Waals surface area contributed by atoms with Gasteiger partial charge >= 0.3 is 0 Å². The number of nitro groups is 1. The Labute approximate surface area is 153 Å². The van der Waals surface area contributed by atoms with Crippen LogP contribution in [-0.4, -0.2) is 16.9 Å². The van der Waals surface area contributed by atoms with Crippen molar-refractivity contribution < 1.29 is 9.72 Å². The molecule has 1 aliphatic rings. The molecule has 0 saturated heterocycles. The predicted octanol–water partition coefficient (Wildman–Crippen LogP) is 5.10. The van der Waals surface area contributed by atoms with E-state index in [1.165, 1.54) is 25.3 Å². The van der Waals surface area contributed by atoms with Crippen molar-refractivity contribution in [2.24, 2.45) is 0 Å². The molecule has 3 rings (SSSR count). The molecule has 0 aliphatic heterocycles. The summed E-state index contributed by atoms with van der Waals surface area (Å²) in [7, 11) is 0. The number of benzene rings is 2. The molecule has 0 radical (unpaired) electrons. The summed E-state index contributed by atoms with van der Waals surface area (Å²) in [6.45, 7) is 0. The highest BCUT2D eigenvalue weighted by Gasteiger charge is 2.23. The van der Waals surface area contributed by atoms with E-state index in [0.29, 0.717) is 0 Å². The number of amides is 1. The molecule has 0 aromatic heterocycles. The molecular formula is C21H24N2O3. The van der Waals surface area contributed by atoms with Gasteiger partial charge in [-0.2, -0.15) is 0 Å². The lowest BCUT2D eigenvalue weighted by Crippen LogP contribution is -2.35. The van der Waals surface area contributed by atoms with Gasteiger partial charge in [-0.05, 0) is 30.0 Å². The van der Waals surface area contributed by atoms with E-state index in [2.05, 4.69) is 5.32 Å². The minimum Gasteiger partial charge on any atom is -0.349 e. The normalized spacial score (nSPS) is 15.7. The zero-order valence-electron chi connectivity index (χ0n) is 14.8. The van der Waals surface area contributed by atoms with Gasteiger partial charge in [0.15, 0.2) is 0 Å². The molecule has 1 amide bonds. The minimum atomic E-state index is -0.473. The molecule has 2 aromatic carbocycles. The number of rotatable bonds is 4. The largest absolute Gasteiger partial charge is 0.349 e. The highest BCUT2D eigenvalue weighted by Crippen LogP contribution is 2.27. The first-order valence-electron chi connectivity index (χ1n) is 9.30. The van der Waals surface area contributed by atoms with E-state index in [-0.39, 0.29) is 23.2 Å². The van der Waals surface area contributed by atoms with Crippen molar-refractivity contribution in [3.8, 4) is 11.1 Å². The average molecular weight is 352 g/mol. The van der Waals surface area contributed by atoms with Gasteiger partial charge in [-0.25, -0.2) is 0 Å². The fourth-order valence-corrected chi connectivity index (χ4v) is 3.55. The summed E-state index contributed by atoms with van der Waals surface area (Å²) in [6.07, 6.45) is 7.73. The van der Waals surface area contributed by atoms with Crippen LogP contribution in [0.4, 0.5) is 5.69 Å². The van der Waals surface area contributed by atoms with Crippen LogP contribution in [0.15, 0.2) is 48.5 Å². The molecule has 5 nitrogen and oxygen atoms in total. The first kappa shape index (κ1) is 18.1. The fourth-order valence-electron chi connectivity index (χ4n) is 3.55. The predicted molar refractivity (Wildman–Crippen MR) is 102 cm³/mol. The lowest BCUT2D eigenvalue weighted by atomic mass is 9.96. The van der Waals surface area contributed by atoms with E-state index in [9.17, 15) is 14.9 Å². The van der Waals surface area contributed by atoms with Crippen molar-refractivity contribution >= 4 is 11.6 Å². The minimum absolute atomic E-state index is 0.108. The smallest absolute Gasteiger partial charge is 0.282 e. The summed E-state index contributed by atoms with van der Waals surface area (Å²) in [5.41, 5.74) is 1.62. The second kappa shape index (κ2) is 8.61. The first-order chi connectivity index (χ1) is 12.6. The second-order valence-electron chi connectivity index (χ2n) is 6.87. The highest BCUT2D eigenvalue weighted by molar-refractivity contribution is 5.99. The number of nitrogens with one attached hydrogen (secondary N) is 1. The van der Waals surface area contributed by atoms with E-state index >= 15 is 0 Å². The third-order valence-corrected chi connectivity index (χ3v) is 4.99. The van der Waals surface area contributed by atoms with Crippen LogP contribution >= 0.6 is 0 Å². The SMILES string of the molecule is O=C(NC1CCCCCCC1)c1ccc(-c2ccccc2)cc1[N+](=O)[O-]. The van der Waals surface area contributed by atoms with Crippen molar-refractivity contribution in [2.75, 3.05) is 0 Å². The van der Waals surface area contributed by atoms with Crippen LogP contribution in [0, 0.1) is 10.1 Å². The molecular weight excluding hydrogens is 328 g/mol. The van der Waals surface area contributed by atoms with Gasteiger partial charge in [0, 0.05) is 12.1 Å². The van der Waals surface area contributed by atoms with Gasteiger partial charge in [-0.15, -0.1) is 0 Å². The Morgan fingerprint density at radius 3 is 2.23 bits per heavy atom. The van der Waals surface area contributed by atoms with Gasteiger partial charge in [0.1, 0.15) is 5.56 Å². The summed E-state index contributed by atoms with van der Waals surface area (Å²) in [5.74, 6) is -0.345. The van der Waals surface area contributed by atoms with E-state index in [1.807, 2.05) is 30.3 Å². The van der Waals surface area contributed by atoms with E-state index in [1.54, 1.807) is 12.1 Å². The van der Waals surface area contributed by atoms with Gasteiger partial charge in [0.2, 0.25) is 0 Å². The van der Waals surface area contributed by atoms with E-state index in [4.69, 9.17) is 0 Å². The van der Waals surface area contributed by atoms with Crippen molar-refractivity contribution in [2.45, 2.75) is 51.0 Å². The topological polar surface area (TPSA) is 72.2 Å². The summed E-state index contributed by atoms with van der Waals surface area (Å²) >= 11 is 0. The quantitative estimate of drug-likeness (QED) is 0.614. The van der Waals surface area contributed by atoms with Crippen LogP contribution in [0.2, 0.25) is 0 Å². The Morgan fingerprint density at radius 1 is 0.923 bits per heavy atom. The number of carbonyl (C=O) groups is 1. The monoisotopic (exact) mass is 352 g/mol. The lowest BCUT2D eigenvalue weighted by Gasteiger charge is -2.21. The van der Waals surface area contributed by atoms with Gasteiger partial charge < -0.3 is 5.32 Å². The molecule has 0 heterocycles. The van der Waals surface area contributed by atoms with E-state index in [0.717, 1.165) is 36.8 Å². The summed E-state index contributed by atoms with van der Waals surface area (Å²) in [4.78, 5) is 23.7. The third-order valence-electron chi connectivity index (χ3n) is 4.99. The van der Waals surface area contributed by atoms with Gasteiger partial charge in [-0.3, -0.25) is 14.9 Å². The van der Waals surface area contributed by atoms with Crippen LogP contribution in [-0.2, 0) is 0 Å². The van der Waals surface area contributed by atoms with Crippen molar-refractivity contribution in [3.05, 3.63) is 64.2 Å². The Hall–Kier alpha value is -2.69. The van der Waals surface area contributed by atoms with Crippen LogP contribution in [0.25, 0.3) is 11.1 Å². The summed E-state index contributed by atoms with van der Waals surface area (Å²) < 4.78 is 0. The first-order valence-corrected chi connectivity index (χ1v) is 9.30. The third kappa shape index (κ3) is 4.48. The maximum atomic E-state index is 12.7. The molecule has 0 atom stereocenters. The molecule has 136 valence electrons. The average Bonchev–Trinajstić information content (AvgIpc) is 2.64. The Bertz CT molecular complexity index is 766. The van der Waals surface area contributed by atoms with Gasteiger partial charge in [-0.1, -0.05) is 68.5 Å². The van der Waals surface area contributed by atoms with Crippen molar-refractivity contribution in [1.82, 2.24) is 5.32 Å². The number of hydrogen-bond acceptors (Lipinski definition) is 3. The van der Waals surface area contributed by atoms with Crippen molar-refractivity contribution in [1.29, 1.82) is 0 Å². The maximum Gasteiger partial charge on any atom is 0.282 e. The number of hydrogen-bond donors (Lipinski definition) is 1. The van der Waals surface area contributed by atoms with Gasteiger partial charge in [0.25, 0.3) is 11.6 Å². The van der Waals surface area contributed by atoms with Crippen LogP contribution in [0.1, 0.15) is 55.3 Å². The highest BCUT2D eigenvalue weighted by atomic mass is 16.6. The second-order valence-corrected chi connectivity index (χ2v) is 6.87. The molecule has 1 saturated carbocycles. The molecule has 2 aromatic rings. The molecule has 0 unspecified atom stereocenters. The molecule has 1 N–H and O–H groups in total. The maximum absolute atomic E-state index is 12.7. The Morgan fingerprint density at radius 2 is 1.58 bits per heavy atom. The standard InChI is InChI=1S/C21H24N2O3/c24-21(22-18-11-7-2-1-3-8-12-18)19-14-13-17(15-20(19)23(25)26)16-9-5-4-6-10-16/h4-6,9-10,13-15,18H,1-3,7-8,11-12H2,(H,22,24). The number of nitro benzene ring substituents is 1. The number of nitrogens with zero attached hydrogens (tertiary/aromatic N) is 1. The molecule has 0 bridgehead atoms. The van der Waals surface area contributed by atoms with Gasteiger partial charge in [0.05, 0.1) is 4.92 Å². The Balaban J connectivity index is 1.81. The summed E-state index contributed by atoms with van der Waals surface area (Å²) in [6, 6.07) is 14.4. The molecule has 1 aliphatic carbocycles. The molecule has 26 heavy (non-hydrogen) atoms. The van der Waals surface area contributed by atoms with Crippen LogP contribution in [0.5, 0.6) is 0 Å². The lowest BCUT2D eigenvalue weighted by molar-refractivity contribution is -0.385. The van der Waals surface area contributed by atoms with E-state index < -0.39 is 4.92 Å². The fraction of sp³-hybridized carbons (Fsp3) is 0.381. The van der Waals surface area contributed by atoms with Crippen LogP contribution < -0.4 is 5.32 Å². The summed E-state index contributed by atoms with van der Waals surface area (Å²) in [5, 5.41) is 14.5. The molecule has 5 heteroatoms. The molecule has 0 spiro atoms. The zero-order chi connectivity index (χ0) is 18.4.